The molecule has 1 atom stereocenters. The Balaban J connectivity index is 2.43. The van der Waals surface area contributed by atoms with Crippen molar-refractivity contribution in [2.45, 2.75) is 60.7 Å². The van der Waals surface area contributed by atoms with Gasteiger partial charge in [-0.05, 0) is 57.9 Å². The lowest BCUT2D eigenvalue weighted by atomic mass is 9.99. The molecule has 0 bridgehead atoms. The molecule has 0 aliphatic rings. The fourth-order valence-electron chi connectivity index (χ4n) is 3.77. The maximum Gasteiger partial charge on any atom is 0.355 e. The van der Waals surface area contributed by atoms with Crippen LogP contribution in [0, 0.1) is 19.7 Å². The van der Waals surface area contributed by atoms with E-state index in [1.807, 2.05) is 6.92 Å². The molecule has 0 aliphatic carbocycles. The lowest BCUT2D eigenvalue weighted by Gasteiger charge is -2.27. The van der Waals surface area contributed by atoms with Gasteiger partial charge in [-0.1, -0.05) is 12.1 Å². The van der Waals surface area contributed by atoms with Crippen molar-refractivity contribution < 1.29 is 23.5 Å². The van der Waals surface area contributed by atoms with Crippen molar-refractivity contribution >= 4 is 17.7 Å². The molecule has 0 aliphatic heterocycles. The van der Waals surface area contributed by atoms with Crippen LogP contribution in [0.3, 0.4) is 0 Å². The van der Waals surface area contributed by atoms with Gasteiger partial charge in [-0.25, -0.2) is 9.18 Å². The summed E-state index contributed by atoms with van der Waals surface area (Å²) >= 11 is 0. The molecule has 2 aromatic rings. The number of esters is 1. The van der Waals surface area contributed by atoms with Crippen LogP contribution in [0.15, 0.2) is 24.3 Å². The first-order valence-electron chi connectivity index (χ1n) is 10.1. The third-order valence-corrected chi connectivity index (χ3v) is 5.32. The minimum Gasteiger partial charge on any atom is -0.461 e. The summed E-state index contributed by atoms with van der Waals surface area (Å²) in [4.78, 5) is 39.6. The maximum absolute atomic E-state index is 13.4. The van der Waals surface area contributed by atoms with E-state index in [1.54, 1.807) is 44.4 Å². The Morgan fingerprint density at radius 1 is 1.13 bits per heavy atom. The minimum absolute atomic E-state index is 0.180. The Morgan fingerprint density at radius 2 is 1.73 bits per heavy atom. The number of carbonyl (C=O) groups is 3. The summed E-state index contributed by atoms with van der Waals surface area (Å²) in [5, 5.41) is 0. The molecule has 2 rings (SSSR count). The van der Waals surface area contributed by atoms with Gasteiger partial charge in [0, 0.05) is 31.3 Å². The normalized spacial score (nSPS) is 11.8. The standard InChI is InChI=1S/C23H29FN2O4/c1-7-25-15(4)20(14(3)21(25)23(29)30-8-2)22(28)16(5)26(17(6)27)13-18-9-11-19(24)12-10-18/h9-12,16H,7-8,13H2,1-6H3/t16-/m1/s1. The highest BCUT2D eigenvalue weighted by atomic mass is 19.1. The number of nitrogens with zero attached hydrogens (tertiary/aromatic N) is 2. The molecule has 6 nitrogen and oxygen atoms in total. The molecule has 30 heavy (non-hydrogen) atoms. The smallest absolute Gasteiger partial charge is 0.355 e. The molecule has 1 aromatic heterocycles. The van der Waals surface area contributed by atoms with E-state index >= 15 is 0 Å². The molecule has 0 saturated carbocycles. The molecular formula is C23H29FN2O4. The van der Waals surface area contributed by atoms with Crippen molar-refractivity contribution in [2.24, 2.45) is 0 Å². The molecule has 0 saturated heterocycles. The molecule has 0 fully saturated rings. The van der Waals surface area contributed by atoms with Crippen LogP contribution in [-0.4, -0.2) is 39.8 Å². The molecule has 0 radical (unpaired) electrons. The number of halogens is 1. The molecule has 0 unspecified atom stereocenters. The van der Waals surface area contributed by atoms with Gasteiger partial charge >= 0.3 is 5.97 Å². The second kappa shape index (κ2) is 9.69. The number of rotatable bonds is 8. The summed E-state index contributed by atoms with van der Waals surface area (Å²) in [5.74, 6) is -1.35. The first kappa shape index (κ1) is 23.3. The summed E-state index contributed by atoms with van der Waals surface area (Å²) in [7, 11) is 0. The zero-order valence-corrected chi connectivity index (χ0v) is 18.4. The van der Waals surface area contributed by atoms with Gasteiger partial charge in [-0.2, -0.15) is 0 Å². The zero-order valence-electron chi connectivity index (χ0n) is 18.4. The van der Waals surface area contributed by atoms with E-state index in [1.165, 1.54) is 24.0 Å². The fourth-order valence-corrected chi connectivity index (χ4v) is 3.77. The summed E-state index contributed by atoms with van der Waals surface area (Å²) in [6.07, 6.45) is 0. The number of amides is 1. The Morgan fingerprint density at radius 3 is 2.23 bits per heavy atom. The molecule has 1 aromatic carbocycles. The zero-order chi connectivity index (χ0) is 22.6. The number of hydrogen-bond donors (Lipinski definition) is 0. The van der Waals surface area contributed by atoms with Gasteiger partial charge in [0.2, 0.25) is 5.91 Å². The Hall–Kier alpha value is -2.96. The van der Waals surface area contributed by atoms with Crippen molar-refractivity contribution in [1.29, 1.82) is 0 Å². The Kier molecular flexibility index (Phi) is 7.54. The number of carbonyl (C=O) groups excluding carboxylic acids is 3. The first-order chi connectivity index (χ1) is 14.1. The third-order valence-electron chi connectivity index (χ3n) is 5.32. The first-order valence-corrected chi connectivity index (χ1v) is 10.1. The van der Waals surface area contributed by atoms with Gasteiger partial charge in [0.1, 0.15) is 11.5 Å². The van der Waals surface area contributed by atoms with Crippen LogP contribution < -0.4 is 0 Å². The Labute approximate surface area is 176 Å². The SMILES string of the molecule is CCOC(=O)c1c(C)c(C(=O)[C@@H](C)N(Cc2ccc(F)cc2)C(C)=O)c(C)n1CC. The van der Waals surface area contributed by atoms with Crippen LogP contribution in [-0.2, 0) is 22.6 Å². The van der Waals surface area contributed by atoms with Crippen LogP contribution in [0.4, 0.5) is 4.39 Å². The number of benzene rings is 1. The fraction of sp³-hybridized carbons (Fsp3) is 0.435. The van der Waals surface area contributed by atoms with E-state index in [-0.39, 0.29) is 30.7 Å². The minimum atomic E-state index is -0.757. The topological polar surface area (TPSA) is 68.6 Å². The maximum atomic E-state index is 13.4. The van der Waals surface area contributed by atoms with Gasteiger partial charge in [0.25, 0.3) is 0 Å². The summed E-state index contributed by atoms with van der Waals surface area (Å²) in [6.45, 7) is 11.1. The van der Waals surface area contributed by atoms with E-state index < -0.39 is 12.0 Å². The van der Waals surface area contributed by atoms with Gasteiger partial charge in [0.15, 0.2) is 5.78 Å². The molecule has 7 heteroatoms. The lowest BCUT2D eigenvalue weighted by Crippen LogP contribution is -2.42. The molecule has 0 N–H and O–H groups in total. The van der Waals surface area contributed by atoms with E-state index in [4.69, 9.17) is 4.74 Å². The van der Waals surface area contributed by atoms with E-state index in [2.05, 4.69) is 0 Å². The second-order valence-electron chi connectivity index (χ2n) is 7.21. The molecular weight excluding hydrogens is 387 g/mol. The highest BCUT2D eigenvalue weighted by molar-refractivity contribution is 6.06. The highest BCUT2D eigenvalue weighted by Gasteiger charge is 2.32. The largest absolute Gasteiger partial charge is 0.461 e. The average Bonchev–Trinajstić information content (AvgIpc) is 2.95. The summed E-state index contributed by atoms with van der Waals surface area (Å²) in [5.41, 5.74) is 2.73. The van der Waals surface area contributed by atoms with Crippen LogP contribution in [0.5, 0.6) is 0 Å². The quantitative estimate of drug-likeness (QED) is 0.481. The summed E-state index contributed by atoms with van der Waals surface area (Å²) < 4.78 is 20.1. The highest BCUT2D eigenvalue weighted by Crippen LogP contribution is 2.26. The van der Waals surface area contributed by atoms with Crippen molar-refractivity contribution in [1.82, 2.24) is 9.47 Å². The van der Waals surface area contributed by atoms with Gasteiger partial charge in [-0.3, -0.25) is 9.59 Å². The van der Waals surface area contributed by atoms with E-state index in [0.29, 0.717) is 29.1 Å². The number of hydrogen-bond acceptors (Lipinski definition) is 4. The third kappa shape index (κ3) is 4.61. The second-order valence-corrected chi connectivity index (χ2v) is 7.21. The molecule has 162 valence electrons. The van der Waals surface area contributed by atoms with Crippen molar-refractivity contribution in [2.75, 3.05) is 6.61 Å². The van der Waals surface area contributed by atoms with Crippen LogP contribution in [0.1, 0.15) is 65.4 Å². The molecule has 1 amide bonds. The van der Waals surface area contributed by atoms with E-state index in [9.17, 15) is 18.8 Å². The number of ether oxygens (including phenoxy) is 1. The number of Topliss-reactive ketones (excluding diaryl/α,β-unsaturated/α-hetero) is 1. The summed E-state index contributed by atoms with van der Waals surface area (Å²) in [6, 6.07) is 5.06. The lowest BCUT2D eigenvalue weighted by molar-refractivity contribution is -0.130. The van der Waals surface area contributed by atoms with Crippen LogP contribution in [0.2, 0.25) is 0 Å². The van der Waals surface area contributed by atoms with Gasteiger partial charge in [0.05, 0.1) is 12.6 Å². The van der Waals surface area contributed by atoms with Crippen LogP contribution in [0.25, 0.3) is 0 Å². The monoisotopic (exact) mass is 416 g/mol. The van der Waals surface area contributed by atoms with E-state index in [0.717, 1.165) is 5.56 Å². The number of aromatic nitrogens is 1. The Bertz CT molecular complexity index is 947. The predicted octanol–water partition coefficient (Wildman–Crippen LogP) is 4.06. The number of ketones is 1. The van der Waals surface area contributed by atoms with Crippen LogP contribution >= 0.6 is 0 Å². The van der Waals surface area contributed by atoms with Gasteiger partial charge in [-0.15, -0.1) is 0 Å². The van der Waals surface area contributed by atoms with Crippen molar-refractivity contribution in [3.63, 3.8) is 0 Å². The predicted molar refractivity (Wildman–Crippen MR) is 112 cm³/mol. The molecule has 1 heterocycles. The van der Waals surface area contributed by atoms with Crippen molar-refractivity contribution in [3.8, 4) is 0 Å². The molecule has 0 spiro atoms. The van der Waals surface area contributed by atoms with Crippen molar-refractivity contribution in [3.05, 3.63) is 58.2 Å². The van der Waals surface area contributed by atoms with Gasteiger partial charge < -0.3 is 14.2 Å². The average molecular weight is 416 g/mol.